The fraction of sp³-hybridized carbons (Fsp3) is 0.632. The van der Waals surface area contributed by atoms with Crippen molar-refractivity contribution < 1.29 is 4.79 Å². The molecule has 1 aliphatic rings. The van der Waals surface area contributed by atoms with Crippen LogP contribution < -0.4 is 5.32 Å². The van der Waals surface area contributed by atoms with Crippen LogP contribution in [0.2, 0.25) is 0 Å². The van der Waals surface area contributed by atoms with Gasteiger partial charge in [-0.2, -0.15) is 0 Å². The van der Waals surface area contributed by atoms with E-state index in [0.717, 1.165) is 38.9 Å². The van der Waals surface area contributed by atoms with E-state index >= 15 is 0 Å². The van der Waals surface area contributed by atoms with Crippen molar-refractivity contribution in [1.82, 2.24) is 10.2 Å². The number of unbranched alkanes of at least 4 members (excludes halogenated alkanes) is 1. The lowest BCUT2D eigenvalue weighted by Crippen LogP contribution is -2.34. The Morgan fingerprint density at radius 1 is 1.36 bits per heavy atom. The van der Waals surface area contributed by atoms with Gasteiger partial charge in [-0.1, -0.05) is 43.7 Å². The maximum Gasteiger partial charge on any atom is 0.223 e. The van der Waals surface area contributed by atoms with Crippen LogP contribution in [0, 0.1) is 5.92 Å². The fourth-order valence-electron chi connectivity index (χ4n) is 3.21. The summed E-state index contributed by atoms with van der Waals surface area (Å²) in [6, 6.07) is 10.6. The van der Waals surface area contributed by atoms with E-state index in [0.29, 0.717) is 18.2 Å². The van der Waals surface area contributed by atoms with Gasteiger partial charge in [-0.15, -0.1) is 0 Å². The van der Waals surface area contributed by atoms with Crippen molar-refractivity contribution in [3.63, 3.8) is 0 Å². The van der Waals surface area contributed by atoms with Gasteiger partial charge in [0.15, 0.2) is 0 Å². The fourth-order valence-corrected chi connectivity index (χ4v) is 3.21. The molecule has 0 saturated carbocycles. The van der Waals surface area contributed by atoms with Gasteiger partial charge >= 0.3 is 0 Å². The smallest absolute Gasteiger partial charge is 0.223 e. The van der Waals surface area contributed by atoms with Crippen LogP contribution in [-0.4, -0.2) is 30.4 Å². The van der Waals surface area contributed by atoms with Crippen LogP contribution in [-0.2, 0) is 4.79 Å². The minimum atomic E-state index is 0.168. The first-order valence-electron chi connectivity index (χ1n) is 8.77. The lowest BCUT2D eigenvalue weighted by Gasteiger charge is -2.30. The SMILES string of the molecule is CCCCN(C(=O)CCC1CCNC1)C(C)c1ccccc1. The minimum absolute atomic E-state index is 0.168. The number of hydrogen-bond donors (Lipinski definition) is 1. The van der Waals surface area contributed by atoms with Crippen LogP contribution in [0.5, 0.6) is 0 Å². The molecular formula is C19H30N2O. The minimum Gasteiger partial charge on any atom is -0.336 e. The standard InChI is InChI=1S/C19H30N2O/c1-3-4-14-21(16(2)18-8-6-5-7-9-18)19(22)11-10-17-12-13-20-15-17/h5-9,16-17,20H,3-4,10-15H2,1-2H3. The zero-order valence-corrected chi connectivity index (χ0v) is 14.1. The monoisotopic (exact) mass is 302 g/mol. The maximum atomic E-state index is 12.7. The molecule has 0 bridgehead atoms. The van der Waals surface area contributed by atoms with Crippen molar-refractivity contribution in [1.29, 1.82) is 0 Å². The van der Waals surface area contributed by atoms with Gasteiger partial charge in [0.1, 0.15) is 0 Å². The summed E-state index contributed by atoms with van der Waals surface area (Å²) in [5.74, 6) is 1.00. The zero-order valence-electron chi connectivity index (χ0n) is 14.1. The maximum absolute atomic E-state index is 12.7. The van der Waals surface area contributed by atoms with E-state index < -0.39 is 0 Å². The van der Waals surface area contributed by atoms with Crippen molar-refractivity contribution >= 4 is 5.91 Å². The molecule has 3 nitrogen and oxygen atoms in total. The van der Waals surface area contributed by atoms with Crippen LogP contribution in [0.15, 0.2) is 30.3 Å². The summed E-state index contributed by atoms with van der Waals surface area (Å²) < 4.78 is 0. The second-order valence-corrected chi connectivity index (χ2v) is 6.42. The Morgan fingerprint density at radius 3 is 2.77 bits per heavy atom. The molecule has 22 heavy (non-hydrogen) atoms. The predicted octanol–water partition coefficient (Wildman–Crippen LogP) is 3.77. The second-order valence-electron chi connectivity index (χ2n) is 6.42. The van der Waals surface area contributed by atoms with Gasteiger partial charge in [-0.3, -0.25) is 4.79 Å². The first-order chi connectivity index (χ1) is 10.7. The zero-order chi connectivity index (χ0) is 15.8. The second kappa shape index (κ2) is 8.94. The predicted molar refractivity (Wildman–Crippen MR) is 91.7 cm³/mol. The highest BCUT2D eigenvalue weighted by Crippen LogP contribution is 2.23. The summed E-state index contributed by atoms with van der Waals surface area (Å²) in [6.45, 7) is 7.39. The highest BCUT2D eigenvalue weighted by Gasteiger charge is 2.22. The molecule has 2 unspecified atom stereocenters. The van der Waals surface area contributed by atoms with Crippen molar-refractivity contribution in [3.05, 3.63) is 35.9 Å². The average molecular weight is 302 g/mol. The topological polar surface area (TPSA) is 32.3 Å². The summed E-state index contributed by atoms with van der Waals surface area (Å²) >= 11 is 0. The number of hydrogen-bond acceptors (Lipinski definition) is 2. The lowest BCUT2D eigenvalue weighted by atomic mass is 10.0. The molecule has 0 radical (unpaired) electrons. The summed E-state index contributed by atoms with van der Waals surface area (Å²) in [7, 11) is 0. The van der Waals surface area contributed by atoms with Gasteiger partial charge in [0.25, 0.3) is 0 Å². The molecule has 3 heteroatoms. The quantitative estimate of drug-likeness (QED) is 0.793. The first kappa shape index (κ1) is 17.0. The molecule has 1 amide bonds. The average Bonchev–Trinajstić information content (AvgIpc) is 3.07. The molecule has 1 aliphatic heterocycles. The Kier molecular flexibility index (Phi) is 6.91. The molecule has 0 aromatic heterocycles. The van der Waals surface area contributed by atoms with Crippen LogP contribution in [0.3, 0.4) is 0 Å². The van der Waals surface area contributed by atoms with E-state index in [2.05, 4.69) is 48.3 Å². The summed E-state index contributed by atoms with van der Waals surface area (Å²) in [4.78, 5) is 14.8. The third-order valence-electron chi connectivity index (χ3n) is 4.75. The molecule has 1 aromatic rings. The van der Waals surface area contributed by atoms with Crippen molar-refractivity contribution in [2.45, 2.75) is 52.0 Å². The molecule has 0 aliphatic carbocycles. The van der Waals surface area contributed by atoms with E-state index in [1.165, 1.54) is 12.0 Å². The Morgan fingerprint density at radius 2 is 2.14 bits per heavy atom. The normalized spacial score (nSPS) is 19.1. The van der Waals surface area contributed by atoms with Crippen LogP contribution in [0.25, 0.3) is 0 Å². The summed E-state index contributed by atoms with van der Waals surface area (Å²) in [5, 5.41) is 3.38. The van der Waals surface area contributed by atoms with E-state index in [1.54, 1.807) is 0 Å². The van der Waals surface area contributed by atoms with Crippen LogP contribution in [0.1, 0.15) is 57.6 Å². The summed E-state index contributed by atoms with van der Waals surface area (Å²) in [5.41, 5.74) is 1.23. The molecule has 1 aromatic carbocycles. The molecule has 122 valence electrons. The third-order valence-corrected chi connectivity index (χ3v) is 4.75. The van der Waals surface area contributed by atoms with Gasteiger partial charge in [0.05, 0.1) is 6.04 Å². The number of carbonyl (C=O) groups excluding carboxylic acids is 1. The number of carbonyl (C=O) groups is 1. The Hall–Kier alpha value is -1.35. The van der Waals surface area contributed by atoms with Crippen LogP contribution >= 0.6 is 0 Å². The van der Waals surface area contributed by atoms with Gasteiger partial charge in [0, 0.05) is 13.0 Å². The van der Waals surface area contributed by atoms with Gasteiger partial charge in [-0.05, 0) is 50.8 Å². The van der Waals surface area contributed by atoms with Gasteiger partial charge < -0.3 is 10.2 Å². The van der Waals surface area contributed by atoms with Gasteiger partial charge in [0.2, 0.25) is 5.91 Å². The number of benzene rings is 1. The largest absolute Gasteiger partial charge is 0.336 e. The van der Waals surface area contributed by atoms with Crippen molar-refractivity contribution in [3.8, 4) is 0 Å². The first-order valence-corrected chi connectivity index (χ1v) is 8.77. The van der Waals surface area contributed by atoms with E-state index in [4.69, 9.17) is 0 Å². The molecule has 1 saturated heterocycles. The molecular weight excluding hydrogens is 272 g/mol. The van der Waals surface area contributed by atoms with E-state index in [-0.39, 0.29) is 6.04 Å². The third kappa shape index (κ3) is 4.84. The highest BCUT2D eigenvalue weighted by atomic mass is 16.2. The summed E-state index contributed by atoms with van der Waals surface area (Å²) in [6.07, 6.45) is 5.13. The number of nitrogens with zero attached hydrogens (tertiary/aromatic N) is 1. The Labute approximate surface area is 135 Å². The molecule has 2 atom stereocenters. The Balaban J connectivity index is 1.96. The molecule has 1 fully saturated rings. The highest BCUT2D eigenvalue weighted by molar-refractivity contribution is 5.76. The van der Waals surface area contributed by atoms with Gasteiger partial charge in [-0.25, -0.2) is 0 Å². The van der Waals surface area contributed by atoms with Crippen molar-refractivity contribution in [2.24, 2.45) is 5.92 Å². The Bertz CT molecular complexity index is 440. The number of rotatable bonds is 8. The molecule has 1 heterocycles. The molecule has 0 spiro atoms. The molecule has 1 N–H and O–H groups in total. The number of nitrogens with one attached hydrogen (secondary N) is 1. The molecule has 2 rings (SSSR count). The van der Waals surface area contributed by atoms with E-state index in [9.17, 15) is 4.79 Å². The lowest BCUT2D eigenvalue weighted by molar-refractivity contribution is -0.133. The van der Waals surface area contributed by atoms with Crippen LogP contribution in [0.4, 0.5) is 0 Å². The number of amides is 1. The van der Waals surface area contributed by atoms with E-state index in [1.807, 2.05) is 6.07 Å². The van der Waals surface area contributed by atoms with Crippen molar-refractivity contribution in [2.75, 3.05) is 19.6 Å².